The van der Waals surface area contributed by atoms with Gasteiger partial charge in [0.25, 0.3) is 5.69 Å². The Bertz CT molecular complexity index is 1300. The minimum Gasteiger partial charge on any atom is -0.493 e. The standard InChI is InChI=1S/C24H20N4O7/c1-34-17-10-5-13(12-18(17)35-2)22(29)21-20-19(16-4-3-11-25-27(16)21)23(30)26(24(20)31)14-6-8-15(9-7-14)28(32)33/h3-12,16,19-21H,1-2H3/t16-,19-,20-,21+/m1/s1. The van der Waals surface area contributed by atoms with Crippen molar-refractivity contribution in [1.29, 1.82) is 0 Å². The number of ketones is 1. The summed E-state index contributed by atoms with van der Waals surface area (Å²) in [5, 5.41) is 16.8. The quantitative estimate of drug-likeness (QED) is 0.268. The molecule has 5 rings (SSSR count). The Morgan fingerprint density at radius 1 is 1.00 bits per heavy atom. The molecule has 2 aromatic rings. The first-order valence-electron chi connectivity index (χ1n) is 10.7. The van der Waals surface area contributed by atoms with Crippen molar-refractivity contribution in [2.24, 2.45) is 16.9 Å². The molecule has 0 N–H and O–H groups in total. The molecule has 3 aliphatic heterocycles. The molecule has 11 heteroatoms. The number of carbonyl (C=O) groups excluding carboxylic acids is 3. The molecular weight excluding hydrogens is 456 g/mol. The largest absolute Gasteiger partial charge is 0.493 e. The number of fused-ring (bicyclic) bond motifs is 3. The fraction of sp³-hybridized carbons (Fsp3) is 0.250. The van der Waals surface area contributed by atoms with E-state index < -0.39 is 40.7 Å². The van der Waals surface area contributed by atoms with Crippen LogP contribution >= 0.6 is 0 Å². The molecule has 3 heterocycles. The number of anilines is 1. The topological polar surface area (TPSA) is 132 Å². The smallest absolute Gasteiger partial charge is 0.269 e. The molecule has 0 saturated carbocycles. The normalized spacial score (nSPS) is 24.4. The van der Waals surface area contributed by atoms with Crippen molar-refractivity contribution in [2.75, 3.05) is 19.1 Å². The number of nitro groups is 1. The molecule has 0 aromatic heterocycles. The Labute approximate surface area is 199 Å². The van der Waals surface area contributed by atoms with Crippen molar-refractivity contribution in [1.82, 2.24) is 5.01 Å². The Morgan fingerprint density at radius 3 is 2.34 bits per heavy atom. The van der Waals surface area contributed by atoms with E-state index in [-0.39, 0.29) is 22.7 Å². The third-order valence-corrected chi connectivity index (χ3v) is 6.55. The molecule has 4 atom stereocenters. The summed E-state index contributed by atoms with van der Waals surface area (Å²) in [4.78, 5) is 52.3. The molecule has 2 fully saturated rings. The highest BCUT2D eigenvalue weighted by Crippen LogP contribution is 2.46. The number of carbonyl (C=O) groups is 3. The van der Waals surface area contributed by atoms with Crippen molar-refractivity contribution < 1.29 is 28.8 Å². The fourth-order valence-corrected chi connectivity index (χ4v) is 4.98. The van der Waals surface area contributed by atoms with Gasteiger partial charge in [0.1, 0.15) is 6.04 Å². The minimum absolute atomic E-state index is 0.162. The summed E-state index contributed by atoms with van der Waals surface area (Å²) in [5.74, 6) is -2.43. The first-order chi connectivity index (χ1) is 16.9. The zero-order chi connectivity index (χ0) is 24.9. The van der Waals surface area contributed by atoms with Crippen molar-refractivity contribution >= 4 is 35.2 Å². The molecule has 0 bridgehead atoms. The number of rotatable bonds is 6. The van der Waals surface area contributed by atoms with Gasteiger partial charge in [-0.2, -0.15) is 5.10 Å². The molecule has 0 radical (unpaired) electrons. The summed E-state index contributed by atoms with van der Waals surface area (Å²) in [6.07, 6.45) is 4.93. The maximum Gasteiger partial charge on any atom is 0.269 e. The number of benzene rings is 2. The lowest BCUT2D eigenvalue weighted by atomic mass is 9.86. The van der Waals surface area contributed by atoms with Gasteiger partial charge in [-0.3, -0.25) is 29.5 Å². The summed E-state index contributed by atoms with van der Waals surface area (Å²) < 4.78 is 10.6. The molecule has 178 valence electrons. The molecule has 2 saturated heterocycles. The minimum atomic E-state index is -1.02. The fourth-order valence-electron chi connectivity index (χ4n) is 4.98. The van der Waals surface area contributed by atoms with Gasteiger partial charge in [-0.05, 0) is 36.4 Å². The van der Waals surface area contributed by atoms with Crippen molar-refractivity contribution in [3.63, 3.8) is 0 Å². The van der Waals surface area contributed by atoms with E-state index in [1.165, 1.54) is 55.8 Å². The van der Waals surface area contributed by atoms with Crippen LogP contribution < -0.4 is 14.4 Å². The van der Waals surface area contributed by atoms with Crippen LogP contribution in [-0.4, -0.2) is 60.0 Å². The van der Waals surface area contributed by atoms with E-state index in [1.807, 2.05) is 0 Å². The Morgan fingerprint density at radius 2 is 1.69 bits per heavy atom. The highest BCUT2D eigenvalue weighted by Gasteiger charge is 2.64. The lowest BCUT2D eigenvalue weighted by molar-refractivity contribution is -0.384. The zero-order valence-electron chi connectivity index (χ0n) is 18.7. The first-order valence-corrected chi connectivity index (χ1v) is 10.7. The number of nitrogens with zero attached hydrogens (tertiary/aromatic N) is 4. The van der Waals surface area contributed by atoms with Gasteiger partial charge in [0.05, 0.1) is 42.7 Å². The van der Waals surface area contributed by atoms with Crippen LogP contribution in [0.4, 0.5) is 11.4 Å². The Kier molecular flexibility index (Phi) is 5.31. The van der Waals surface area contributed by atoms with Crippen molar-refractivity contribution in [2.45, 2.75) is 12.1 Å². The predicted molar refractivity (Wildman–Crippen MR) is 123 cm³/mol. The molecule has 2 amide bonds. The summed E-state index contributed by atoms with van der Waals surface area (Å²) in [6.45, 7) is 0. The lowest BCUT2D eigenvalue weighted by Crippen LogP contribution is -2.46. The third-order valence-electron chi connectivity index (χ3n) is 6.55. The molecule has 2 aromatic carbocycles. The average Bonchev–Trinajstić information content (AvgIpc) is 3.35. The van der Waals surface area contributed by atoms with Crippen LogP contribution in [0.25, 0.3) is 0 Å². The summed E-state index contributed by atoms with van der Waals surface area (Å²) in [6, 6.07) is 8.26. The van der Waals surface area contributed by atoms with E-state index in [4.69, 9.17) is 9.47 Å². The van der Waals surface area contributed by atoms with E-state index in [0.717, 1.165) is 4.90 Å². The zero-order valence-corrected chi connectivity index (χ0v) is 18.7. The third kappa shape index (κ3) is 3.35. The summed E-state index contributed by atoms with van der Waals surface area (Å²) >= 11 is 0. The van der Waals surface area contributed by atoms with Crippen LogP contribution in [0.2, 0.25) is 0 Å². The summed E-state index contributed by atoms with van der Waals surface area (Å²) in [5.41, 5.74) is 0.336. The van der Waals surface area contributed by atoms with E-state index in [9.17, 15) is 24.5 Å². The second kappa shape index (κ2) is 8.35. The highest BCUT2D eigenvalue weighted by molar-refractivity contribution is 6.24. The lowest BCUT2D eigenvalue weighted by Gasteiger charge is -2.30. The number of amides is 2. The monoisotopic (exact) mass is 476 g/mol. The van der Waals surface area contributed by atoms with Gasteiger partial charge in [-0.1, -0.05) is 6.08 Å². The number of hydrogen-bond acceptors (Lipinski definition) is 9. The van der Waals surface area contributed by atoms with Gasteiger partial charge >= 0.3 is 0 Å². The second-order valence-electron chi connectivity index (χ2n) is 8.24. The molecule has 0 spiro atoms. The Balaban J connectivity index is 1.54. The van der Waals surface area contributed by atoms with E-state index >= 15 is 0 Å². The first kappa shape index (κ1) is 22.3. The van der Waals surface area contributed by atoms with Crippen LogP contribution in [-0.2, 0) is 9.59 Å². The number of methoxy groups -OCH3 is 2. The van der Waals surface area contributed by atoms with E-state index in [2.05, 4.69) is 5.10 Å². The molecule has 0 aliphatic carbocycles. The Hall–Kier alpha value is -4.54. The molecule has 11 nitrogen and oxygen atoms in total. The number of ether oxygens (including phenoxy) is 2. The van der Waals surface area contributed by atoms with Gasteiger partial charge in [-0.15, -0.1) is 0 Å². The predicted octanol–water partition coefficient (Wildman–Crippen LogP) is 2.21. The van der Waals surface area contributed by atoms with Gasteiger partial charge < -0.3 is 9.47 Å². The number of imide groups is 1. The van der Waals surface area contributed by atoms with Crippen LogP contribution in [0.5, 0.6) is 11.5 Å². The van der Waals surface area contributed by atoms with Gasteiger partial charge in [0.2, 0.25) is 11.8 Å². The molecular formula is C24H20N4O7. The van der Waals surface area contributed by atoms with E-state index in [1.54, 1.807) is 24.3 Å². The van der Waals surface area contributed by atoms with E-state index in [0.29, 0.717) is 11.5 Å². The molecule has 0 unspecified atom stereocenters. The van der Waals surface area contributed by atoms with Crippen molar-refractivity contribution in [3.05, 3.63) is 70.3 Å². The number of hydrazone groups is 1. The number of nitro benzene ring substituents is 1. The van der Waals surface area contributed by atoms with Gasteiger partial charge in [0.15, 0.2) is 17.3 Å². The highest BCUT2D eigenvalue weighted by atomic mass is 16.6. The molecule has 35 heavy (non-hydrogen) atoms. The van der Waals surface area contributed by atoms with Gasteiger partial charge in [-0.25, -0.2) is 4.90 Å². The van der Waals surface area contributed by atoms with Gasteiger partial charge in [0, 0.05) is 23.9 Å². The van der Waals surface area contributed by atoms with Crippen LogP contribution in [0.3, 0.4) is 0 Å². The molecule has 3 aliphatic rings. The second-order valence-corrected chi connectivity index (χ2v) is 8.24. The van der Waals surface area contributed by atoms with Crippen LogP contribution in [0.15, 0.2) is 59.7 Å². The number of allylic oxidation sites excluding steroid dienone is 1. The van der Waals surface area contributed by atoms with Crippen LogP contribution in [0, 0.1) is 22.0 Å². The SMILES string of the molecule is COc1ccc(C(=O)[C@@H]2[C@@H]3C(=O)N(c4ccc([N+](=O)[O-])cc4)C(=O)[C@@H]3[C@H]3C=CC=NN32)cc1OC. The maximum absolute atomic E-state index is 13.7. The number of Topliss-reactive ketones (excluding diaryl/α,β-unsaturated/α-hetero) is 1. The number of hydrogen-bond donors (Lipinski definition) is 0. The average molecular weight is 476 g/mol. The number of non-ortho nitro benzene ring substituents is 1. The maximum atomic E-state index is 13.7. The summed E-state index contributed by atoms with van der Waals surface area (Å²) in [7, 11) is 2.94. The van der Waals surface area contributed by atoms with Crippen molar-refractivity contribution in [3.8, 4) is 11.5 Å². The van der Waals surface area contributed by atoms with Crippen LogP contribution in [0.1, 0.15) is 10.4 Å².